The van der Waals surface area contributed by atoms with Crippen molar-refractivity contribution >= 4 is 34.7 Å². The van der Waals surface area contributed by atoms with Crippen LogP contribution in [0.1, 0.15) is 15.9 Å². The van der Waals surface area contributed by atoms with Crippen LogP contribution < -0.4 is 5.32 Å². The summed E-state index contributed by atoms with van der Waals surface area (Å²) in [5.74, 6) is 0.337. The Morgan fingerprint density at radius 1 is 1.29 bits per heavy atom. The molecule has 0 spiro atoms. The minimum atomic E-state index is -0.154. The van der Waals surface area contributed by atoms with E-state index in [1.807, 2.05) is 35.9 Å². The van der Waals surface area contributed by atoms with Gasteiger partial charge in [0.2, 0.25) is 0 Å². The van der Waals surface area contributed by atoms with Gasteiger partial charge in [0.25, 0.3) is 5.91 Å². The molecule has 2 aromatic heterocycles. The number of hydrogen-bond donors (Lipinski definition) is 1. The molecule has 0 saturated heterocycles. The molecule has 0 bridgehead atoms. The van der Waals surface area contributed by atoms with Crippen molar-refractivity contribution in [1.82, 2.24) is 9.78 Å². The number of aryl methyl sites for hydroxylation is 1. The van der Waals surface area contributed by atoms with Crippen molar-refractivity contribution in [3.05, 3.63) is 63.4 Å². The van der Waals surface area contributed by atoms with Crippen LogP contribution in [0.5, 0.6) is 0 Å². The van der Waals surface area contributed by atoms with E-state index >= 15 is 0 Å². The molecule has 0 aliphatic carbocycles. The fourth-order valence-corrected chi connectivity index (χ4v) is 2.99. The fraction of sp³-hybridized carbons (Fsp3) is 0.0667. The van der Waals surface area contributed by atoms with Crippen LogP contribution in [-0.2, 0) is 0 Å². The highest BCUT2D eigenvalue weighted by atomic mass is 35.5. The minimum absolute atomic E-state index is 0.154. The van der Waals surface area contributed by atoms with Crippen LogP contribution in [-0.4, -0.2) is 15.7 Å². The third kappa shape index (κ3) is 2.84. The molecule has 1 aromatic carbocycles. The van der Waals surface area contributed by atoms with Crippen LogP contribution in [0.3, 0.4) is 0 Å². The van der Waals surface area contributed by atoms with Crippen LogP contribution in [0.4, 0.5) is 5.82 Å². The van der Waals surface area contributed by atoms with Gasteiger partial charge < -0.3 is 5.32 Å². The first kappa shape index (κ1) is 13.9. The third-order valence-electron chi connectivity index (χ3n) is 3.03. The summed E-state index contributed by atoms with van der Waals surface area (Å²) in [6.45, 7) is 1.91. The normalized spacial score (nSPS) is 10.6. The van der Waals surface area contributed by atoms with E-state index in [1.165, 1.54) is 11.3 Å². The predicted octanol–water partition coefficient (Wildman–Crippen LogP) is 4.15. The lowest BCUT2D eigenvalue weighted by molar-refractivity contribution is 0.102. The second kappa shape index (κ2) is 5.71. The maximum atomic E-state index is 12.1. The van der Waals surface area contributed by atoms with Crippen LogP contribution in [0.2, 0.25) is 5.02 Å². The minimum Gasteiger partial charge on any atom is -0.305 e. The summed E-state index contributed by atoms with van der Waals surface area (Å²) in [5, 5.41) is 11.5. The van der Waals surface area contributed by atoms with Gasteiger partial charge in [0, 0.05) is 17.6 Å². The Morgan fingerprint density at radius 2 is 2.10 bits per heavy atom. The van der Waals surface area contributed by atoms with E-state index in [0.717, 1.165) is 11.3 Å². The van der Waals surface area contributed by atoms with Gasteiger partial charge in [-0.1, -0.05) is 23.7 Å². The zero-order chi connectivity index (χ0) is 14.8. The van der Waals surface area contributed by atoms with Gasteiger partial charge in [0.1, 0.15) is 0 Å². The highest BCUT2D eigenvalue weighted by Crippen LogP contribution is 2.20. The molecule has 21 heavy (non-hydrogen) atoms. The summed E-state index contributed by atoms with van der Waals surface area (Å²) in [6.07, 6.45) is 1.76. The molecule has 0 aliphatic heterocycles. The third-order valence-corrected chi connectivity index (χ3v) is 4.21. The number of para-hydroxylation sites is 1. The summed E-state index contributed by atoms with van der Waals surface area (Å²) in [5.41, 5.74) is 2.40. The number of anilines is 1. The number of amides is 1. The Labute approximate surface area is 131 Å². The zero-order valence-electron chi connectivity index (χ0n) is 11.2. The first-order valence-electron chi connectivity index (χ1n) is 6.30. The molecule has 3 aromatic rings. The summed E-state index contributed by atoms with van der Waals surface area (Å²) in [4.78, 5) is 12.1. The van der Waals surface area contributed by atoms with Crippen molar-refractivity contribution in [3.8, 4) is 5.69 Å². The van der Waals surface area contributed by atoms with Crippen LogP contribution >= 0.6 is 22.9 Å². The molecule has 0 aliphatic rings. The number of rotatable bonds is 3. The van der Waals surface area contributed by atoms with Gasteiger partial charge in [0.05, 0.1) is 16.3 Å². The highest BCUT2D eigenvalue weighted by Gasteiger charge is 2.12. The number of nitrogens with one attached hydrogen (secondary N) is 1. The average molecular weight is 318 g/mol. The maximum Gasteiger partial charge on any atom is 0.257 e. The van der Waals surface area contributed by atoms with Crippen molar-refractivity contribution in [2.75, 3.05) is 5.32 Å². The summed E-state index contributed by atoms with van der Waals surface area (Å²) in [7, 11) is 0. The SMILES string of the molecule is Cc1cscc1C(=O)Nc1ccn(-c2ccccc2Cl)n1. The van der Waals surface area contributed by atoms with Gasteiger partial charge in [-0.25, -0.2) is 4.68 Å². The second-order valence-corrected chi connectivity index (χ2v) is 5.67. The molecule has 2 heterocycles. The standard InChI is InChI=1S/C15H12ClN3OS/c1-10-8-21-9-11(10)15(20)17-14-6-7-19(18-14)13-5-3-2-4-12(13)16/h2-9H,1H3,(H,17,18,20). The van der Waals surface area contributed by atoms with Crippen molar-refractivity contribution in [1.29, 1.82) is 0 Å². The molecular formula is C15H12ClN3OS. The van der Waals surface area contributed by atoms with Crippen molar-refractivity contribution in [2.45, 2.75) is 6.92 Å². The van der Waals surface area contributed by atoms with E-state index in [1.54, 1.807) is 23.0 Å². The number of hydrogen-bond acceptors (Lipinski definition) is 3. The van der Waals surface area contributed by atoms with E-state index in [9.17, 15) is 4.79 Å². The van der Waals surface area contributed by atoms with Crippen LogP contribution in [0.15, 0.2) is 47.3 Å². The summed E-state index contributed by atoms with van der Waals surface area (Å²) in [6, 6.07) is 9.14. The van der Waals surface area contributed by atoms with E-state index in [0.29, 0.717) is 16.4 Å². The smallest absolute Gasteiger partial charge is 0.257 e. The predicted molar refractivity (Wildman–Crippen MR) is 85.6 cm³/mol. The number of carbonyl (C=O) groups excluding carboxylic acids is 1. The summed E-state index contributed by atoms with van der Waals surface area (Å²) < 4.78 is 1.64. The monoisotopic (exact) mass is 317 g/mol. The molecular weight excluding hydrogens is 306 g/mol. The fourth-order valence-electron chi connectivity index (χ4n) is 1.94. The van der Waals surface area contributed by atoms with Crippen molar-refractivity contribution in [3.63, 3.8) is 0 Å². The van der Waals surface area contributed by atoms with Gasteiger partial charge in [-0.05, 0) is 30.0 Å². The first-order valence-corrected chi connectivity index (χ1v) is 7.62. The van der Waals surface area contributed by atoms with Gasteiger partial charge >= 0.3 is 0 Å². The van der Waals surface area contributed by atoms with Crippen molar-refractivity contribution in [2.24, 2.45) is 0 Å². The van der Waals surface area contributed by atoms with E-state index in [4.69, 9.17) is 11.6 Å². The largest absolute Gasteiger partial charge is 0.305 e. The molecule has 0 atom stereocenters. The Balaban J connectivity index is 1.82. The Bertz CT molecular complexity index is 794. The highest BCUT2D eigenvalue weighted by molar-refractivity contribution is 7.08. The van der Waals surface area contributed by atoms with Gasteiger partial charge in [-0.3, -0.25) is 4.79 Å². The molecule has 4 nitrogen and oxygen atoms in total. The number of aromatic nitrogens is 2. The topological polar surface area (TPSA) is 46.9 Å². The van der Waals surface area contributed by atoms with E-state index in [2.05, 4.69) is 10.4 Å². The lowest BCUT2D eigenvalue weighted by Crippen LogP contribution is -2.12. The lowest BCUT2D eigenvalue weighted by atomic mass is 10.2. The second-order valence-electron chi connectivity index (χ2n) is 4.52. The summed E-state index contributed by atoms with van der Waals surface area (Å²) >= 11 is 7.63. The molecule has 0 unspecified atom stereocenters. The molecule has 6 heteroatoms. The number of thiophene rings is 1. The van der Waals surface area contributed by atoms with Gasteiger partial charge in [-0.15, -0.1) is 5.10 Å². The number of halogens is 1. The number of benzene rings is 1. The Kier molecular flexibility index (Phi) is 3.77. The number of nitrogens with zero attached hydrogens (tertiary/aromatic N) is 2. The number of carbonyl (C=O) groups is 1. The van der Waals surface area contributed by atoms with Gasteiger partial charge in [-0.2, -0.15) is 11.3 Å². The van der Waals surface area contributed by atoms with Crippen molar-refractivity contribution < 1.29 is 4.79 Å². The zero-order valence-corrected chi connectivity index (χ0v) is 12.8. The van der Waals surface area contributed by atoms with E-state index < -0.39 is 0 Å². The van der Waals surface area contributed by atoms with Gasteiger partial charge in [0.15, 0.2) is 5.82 Å². The molecule has 0 radical (unpaired) electrons. The first-order chi connectivity index (χ1) is 10.1. The van der Waals surface area contributed by atoms with Crippen LogP contribution in [0, 0.1) is 6.92 Å². The van der Waals surface area contributed by atoms with E-state index in [-0.39, 0.29) is 5.91 Å². The molecule has 3 rings (SSSR count). The van der Waals surface area contributed by atoms with Crippen LogP contribution in [0.25, 0.3) is 5.69 Å². The molecule has 1 amide bonds. The lowest BCUT2D eigenvalue weighted by Gasteiger charge is -2.04. The molecule has 0 fully saturated rings. The Morgan fingerprint density at radius 3 is 2.81 bits per heavy atom. The Hall–Kier alpha value is -2.11. The quantitative estimate of drug-likeness (QED) is 0.789. The average Bonchev–Trinajstić information content (AvgIpc) is 3.08. The molecule has 0 saturated carbocycles. The molecule has 1 N–H and O–H groups in total. The molecule has 106 valence electrons. The maximum absolute atomic E-state index is 12.1.